The minimum atomic E-state index is 0. The molecular weight excluding hydrogens is 126 g/mol. The molecule has 0 heterocycles. The van der Waals surface area contributed by atoms with Crippen LogP contribution in [0.15, 0.2) is 0 Å². The molecule has 3 heteroatoms. The molecule has 0 saturated heterocycles. The van der Waals surface area contributed by atoms with Gasteiger partial charge in [0.1, 0.15) is 0 Å². The molecule has 0 amide bonds. The topological polar surface area (TPSA) is 32.3 Å². The highest BCUT2D eigenvalue weighted by molar-refractivity contribution is 5.85. The molecule has 0 radical (unpaired) electrons. The monoisotopic (exact) mass is 139 g/mol. The summed E-state index contributed by atoms with van der Waals surface area (Å²) in [5.74, 6) is 0. The Morgan fingerprint density at radius 3 is 2.12 bits per heavy atom. The van der Waals surface area contributed by atoms with Crippen molar-refractivity contribution in [1.29, 1.82) is 0 Å². The summed E-state index contributed by atoms with van der Waals surface area (Å²) in [6, 6.07) is 0.292. The number of hydrogen-bond donors (Lipinski definition) is 2. The summed E-state index contributed by atoms with van der Waals surface area (Å²) in [4.78, 5) is 0. The van der Waals surface area contributed by atoms with Crippen LogP contribution in [-0.2, 0) is 0 Å². The molecule has 52 valence electrons. The molecule has 0 aliphatic rings. The first kappa shape index (κ1) is 11.1. The van der Waals surface area contributed by atoms with Crippen molar-refractivity contribution < 1.29 is 5.11 Å². The number of halogens is 1. The third-order valence-corrected chi connectivity index (χ3v) is 1.12. The van der Waals surface area contributed by atoms with Crippen molar-refractivity contribution in [3.63, 3.8) is 0 Å². The molecule has 1 atom stereocenters. The SMILES string of the molecule is CCC(CO)NC.Cl. The Morgan fingerprint density at radius 1 is 1.62 bits per heavy atom. The van der Waals surface area contributed by atoms with Crippen LogP contribution in [0.4, 0.5) is 0 Å². The Balaban J connectivity index is 0. The fraction of sp³-hybridized carbons (Fsp3) is 1.00. The van der Waals surface area contributed by atoms with Gasteiger partial charge in [0, 0.05) is 6.04 Å². The molecule has 0 saturated carbocycles. The predicted molar refractivity (Wildman–Crippen MR) is 37.5 cm³/mol. The quantitative estimate of drug-likeness (QED) is 0.594. The van der Waals surface area contributed by atoms with Crippen molar-refractivity contribution >= 4 is 12.4 Å². The maximum absolute atomic E-state index is 8.46. The highest BCUT2D eigenvalue weighted by Gasteiger charge is 1.95. The first-order chi connectivity index (χ1) is 3.35. The van der Waals surface area contributed by atoms with E-state index in [1.165, 1.54) is 0 Å². The van der Waals surface area contributed by atoms with Crippen LogP contribution < -0.4 is 5.32 Å². The lowest BCUT2D eigenvalue weighted by Gasteiger charge is -2.07. The molecule has 2 nitrogen and oxygen atoms in total. The lowest BCUT2D eigenvalue weighted by atomic mass is 10.2. The molecule has 8 heavy (non-hydrogen) atoms. The second-order valence-corrected chi connectivity index (χ2v) is 1.58. The fourth-order valence-corrected chi connectivity index (χ4v) is 0.425. The number of rotatable bonds is 3. The number of aliphatic hydroxyl groups is 1. The van der Waals surface area contributed by atoms with Gasteiger partial charge in [-0.2, -0.15) is 0 Å². The van der Waals surface area contributed by atoms with E-state index in [1.807, 2.05) is 14.0 Å². The molecule has 0 spiro atoms. The Kier molecular flexibility index (Phi) is 9.97. The van der Waals surface area contributed by atoms with Gasteiger partial charge in [0.15, 0.2) is 0 Å². The largest absolute Gasteiger partial charge is 0.395 e. The first-order valence-electron chi connectivity index (χ1n) is 2.63. The summed E-state index contributed by atoms with van der Waals surface area (Å²) in [6.45, 7) is 2.28. The molecule has 0 rings (SSSR count). The molecule has 0 aromatic rings. The van der Waals surface area contributed by atoms with Gasteiger partial charge in [-0.3, -0.25) is 0 Å². The van der Waals surface area contributed by atoms with Gasteiger partial charge in [0.25, 0.3) is 0 Å². The van der Waals surface area contributed by atoms with Gasteiger partial charge in [-0.05, 0) is 13.5 Å². The molecular formula is C5H14ClNO. The third-order valence-electron chi connectivity index (χ3n) is 1.12. The Bertz CT molecular complexity index is 33.9. The van der Waals surface area contributed by atoms with Gasteiger partial charge >= 0.3 is 0 Å². The van der Waals surface area contributed by atoms with E-state index < -0.39 is 0 Å². The zero-order valence-electron chi connectivity index (χ0n) is 5.35. The van der Waals surface area contributed by atoms with E-state index in [0.29, 0.717) is 6.04 Å². The van der Waals surface area contributed by atoms with E-state index in [-0.39, 0.29) is 19.0 Å². The highest BCUT2D eigenvalue weighted by atomic mass is 35.5. The smallest absolute Gasteiger partial charge is 0.0584 e. The van der Waals surface area contributed by atoms with Crippen molar-refractivity contribution in [1.82, 2.24) is 5.32 Å². The van der Waals surface area contributed by atoms with Crippen molar-refractivity contribution in [2.24, 2.45) is 0 Å². The minimum Gasteiger partial charge on any atom is -0.395 e. The number of hydrogen-bond acceptors (Lipinski definition) is 2. The van der Waals surface area contributed by atoms with E-state index in [0.717, 1.165) is 6.42 Å². The summed E-state index contributed by atoms with van der Waals surface area (Å²) in [5, 5.41) is 11.4. The van der Waals surface area contributed by atoms with Crippen molar-refractivity contribution in [2.45, 2.75) is 19.4 Å². The van der Waals surface area contributed by atoms with Gasteiger partial charge in [-0.1, -0.05) is 6.92 Å². The molecule has 0 fully saturated rings. The van der Waals surface area contributed by atoms with Gasteiger partial charge in [0.05, 0.1) is 6.61 Å². The third kappa shape index (κ3) is 4.37. The highest BCUT2D eigenvalue weighted by Crippen LogP contribution is 1.84. The zero-order valence-corrected chi connectivity index (χ0v) is 6.16. The van der Waals surface area contributed by atoms with Crippen molar-refractivity contribution in [3.8, 4) is 0 Å². The summed E-state index contributed by atoms with van der Waals surface area (Å²) >= 11 is 0. The van der Waals surface area contributed by atoms with Gasteiger partial charge < -0.3 is 10.4 Å². The summed E-state index contributed by atoms with van der Waals surface area (Å²) in [5.41, 5.74) is 0. The van der Waals surface area contributed by atoms with Crippen LogP contribution in [0.2, 0.25) is 0 Å². The van der Waals surface area contributed by atoms with Crippen molar-refractivity contribution in [3.05, 3.63) is 0 Å². The van der Waals surface area contributed by atoms with E-state index in [9.17, 15) is 0 Å². The zero-order chi connectivity index (χ0) is 5.70. The van der Waals surface area contributed by atoms with E-state index >= 15 is 0 Å². The summed E-state index contributed by atoms with van der Waals surface area (Å²) in [7, 11) is 1.85. The predicted octanol–water partition coefficient (Wildman–Crippen LogP) is 0.399. The van der Waals surface area contributed by atoms with E-state index in [2.05, 4.69) is 5.32 Å². The normalized spacial score (nSPS) is 12.4. The Labute approximate surface area is 56.7 Å². The fourth-order valence-electron chi connectivity index (χ4n) is 0.425. The molecule has 1 unspecified atom stereocenters. The second-order valence-electron chi connectivity index (χ2n) is 1.58. The standard InChI is InChI=1S/C5H13NO.ClH/c1-3-5(4-7)6-2;/h5-7H,3-4H2,1-2H3;1H. The molecule has 2 N–H and O–H groups in total. The maximum atomic E-state index is 8.46. The van der Waals surface area contributed by atoms with Gasteiger partial charge in [-0.25, -0.2) is 0 Å². The average Bonchev–Trinajstić information content (AvgIpc) is 1.72. The van der Waals surface area contributed by atoms with Crippen LogP contribution >= 0.6 is 12.4 Å². The summed E-state index contributed by atoms with van der Waals surface area (Å²) < 4.78 is 0. The average molecular weight is 140 g/mol. The van der Waals surface area contributed by atoms with Crippen molar-refractivity contribution in [2.75, 3.05) is 13.7 Å². The Morgan fingerprint density at radius 2 is 2.12 bits per heavy atom. The molecule has 0 aliphatic heterocycles. The minimum absolute atomic E-state index is 0. The second kappa shape index (κ2) is 7.21. The number of nitrogens with one attached hydrogen (secondary N) is 1. The van der Waals surface area contributed by atoms with Gasteiger partial charge in [-0.15, -0.1) is 12.4 Å². The molecule has 0 bridgehead atoms. The lowest BCUT2D eigenvalue weighted by molar-refractivity contribution is 0.245. The van der Waals surface area contributed by atoms with E-state index in [4.69, 9.17) is 5.11 Å². The van der Waals surface area contributed by atoms with Crippen LogP contribution in [0, 0.1) is 0 Å². The van der Waals surface area contributed by atoms with Crippen LogP contribution in [0.3, 0.4) is 0 Å². The van der Waals surface area contributed by atoms with Crippen LogP contribution in [0.5, 0.6) is 0 Å². The molecule has 0 aromatic heterocycles. The number of aliphatic hydroxyl groups excluding tert-OH is 1. The maximum Gasteiger partial charge on any atom is 0.0584 e. The molecule has 0 aliphatic carbocycles. The van der Waals surface area contributed by atoms with Gasteiger partial charge in [0.2, 0.25) is 0 Å². The lowest BCUT2D eigenvalue weighted by Crippen LogP contribution is -2.27. The number of likely N-dealkylation sites (N-methyl/N-ethyl adjacent to an activating group) is 1. The van der Waals surface area contributed by atoms with E-state index in [1.54, 1.807) is 0 Å². The summed E-state index contributed by atoms with van der Waals surface area (Å²) in [6.07, 6.45) is 0.993. The van der Waals surface area contributed by atoms with Crippen LogP contribution in [0.1, 0.15) is 13.3 Å². The van der Waals surface area contributed by atoms with Crippen LogP contribution in [0.25, 0.3) is 0 Å². The Hall–Kier alpha value is 0.210. The van der Waals surface area contributed by atoms with Crippen LogP contribution in [-0.4, -0.2) is 24.8 Å². The molecule has 0 aromatic carbocycles. The first-order valence-corrected chi connectivity index (χ1v) is 2.63.